The maximum absolute atomic E-state index is 12.0. The molecule has 0 aliphatic carbocycles. The quantitative estimate of drug-likeness (QED) is 0.798. The first-order chi connectivity index (χ1) is 7.66. The molecule has 1 unspecified atom stereocenters. The van der Waals surface area contributed by atoms with Crippen molar-refractivity contribution in [2.24, 2.45) is 0 Å². The lowest BCUT2D eigenvalue weighted by molar-refractivity contribution is -0.117. The van der Waals surface area contributed by atoms with Gasteiger partial charge in [0.1, 0.15) is 5.78 Å². The van der Waals surface area contributed by atoms with Gasteiger partial charge in [-0.2, -0.15) is 11.8 Å². The van der Waals surface area contributed by atoms with Crippen LogP contribution >= 0.6 is 11.8 Å². The van der Waals surface area contributed by atoms with Gasteiger partial charge in [0.2, 0.25) is 0 Å². The highest BCUT2D eigenvalue weighted by atomic mass is 32.2. The second-order valence-electron chi connectivity index (χ2n) is 4.56. The van der Waals surface area contributed by atoms with Crippen LogP contribution in [0.4, 0.5) is 0 Å². The van der Waals surface area contributed by atoms with Gasteiger partial charge in [-0.05, 0) is 49.1 Å². The normalized spacial score (nSPS) is 20.0. The summed E-state index contributed by atoms with van der Waals surface area (Å²) in [6, 6.07) is 6.34. The summed E-state index contributed by atoms with van der Waals surface area (Å²) in [5, 5.41) is 0.265. The molecule has 1 saturated heterocycles. The minimum atomic E-state index is 0.265. The number of ketones is 1. The Morgan fingerprint density at radius 2 is 2.19 bits per heavy atom. The average molecular weight is 234 g/mol. The zero-order chi connectivity index (χ0) is 11.5. The van der Waals surface area contributed by atoms with Crippen LogP contribution in [0.3, 0.4) is 0 Å². The highest BCUT2D eigenvalue weighted by molar-refractivity contribution is 8.00. The van der Waals surface area contributed by atoms with Gasteiger partial charge in [0.05, 0.1) is 5.25 Å². The Morgan fingerprint density at radius 3 is 2.81 bits per heavy atom. The van der Waals surface area contributed by atoms with Crippen LogP contribution in [0, 0.1) is 13.8 Å². The van der Waals surface area contributed by atoms with Crippen molar-refractivity contribution in [1.29, 1.82) is 0 Å². The molecule has 2 rings (SSSR count). The molecule has 0 radical (unpaired) electrons. The van der Waals surface area contributed by atoms with E-state index in [1.165, 1.54) is 23.1 Å². The summed E-state index contributed by atoms with van der Waals surface area (Å²) < 4.78 is 0. The number of rotatable bonds is 3. The molecule has 0 saturated carbocycles. The molecule has 0 amide bonds. The van der Waals surface area contributed by atoms with Gasteiger partial charge in [-0.15, -0.1) is 0 Å². The van der Waals surface area contributed by atoms with Crippen LogP contribution in [-0.2, 0) is 11.2 Å². The molecule has 1 fully saturated rings. The molecule has 0 bridgehead atoms. The number of carbonyl (C=O) groups excluding carboxylic acids is 1. The molecule has 1 aliphatic heterocycles. The van der Waals surface area contributed by atoms with Crippen LogP contribution in [0.15, 0.2) is 18.2 Å². The maximum atomic E-state index is 12.0. The number of hydrogen-bond acceptors (Lipinski definition) is 2. The fourth-order valence-electron chi connectivity index (χ4n) is 2.06. The fourth-order valence-corrected chi connectivity index (χ4v) is 3.28. The Balaban J connectivity index is 2.02. The van der Waals surface area contributed by atoms with Gasteiger partial charge in [0.25, 0.3) is 0 Å². The van der Waals surface area contributed by atoms with E-state index < -0.39 is 0 Å². The zero-order valence-corrected chi connectivity index (χ0v) is 10.8. The number of carbonyl (C=O) groups is 1. The first kappa shape index (κ1) is 11.7. The molecule has 1 atom stereocenters. The van der Waals surface area contributed by atoms with E-state index in [-0.39, 0.29) is 5.25 Å². The van der Waals surface area contributed by atoms with E-state index in [1.807, 2.05) is 11.8 Å². The highest BCUT2D eigenvalue weighted by Gasteiger charge is 2.23. The molecule has 0 N–H and O–H groups in total. The Labute approximate surface area is 102 Å². The molecule has 0 aromatic heterocycles. The minimum absolute atomic E-state index is 0.265. The molecule has 86 valence electrons. The van der Waals surface area contributed by atoms with Crippen LogP contribution in [0.2, 0.25) is 0 Å². The van der Waals surface area contributed by atoms with Gasteiger partial charge >= 0.3 is 0 Å². The van der Waals surface area contributed by atoms with Gasteiger partial charge in [0, 0.05) is 6.42 Å². The number of benzene rings is 1. The summed E-state index contributed by atoms with van der Waals surface area (Å²) >= 11 is 1.83. The predicted molar refractivity (Wildman–Crippen MR) is 70.1 cm³/mol. The monoisotopic (exact) mass is 234 g/mol. The van der Waals surface area contributed by atoms with Gasteiger partial charge in [-0.3, -0.25) is 4.79 Å². The van der Waals surface area contributed by atoms with Crippen molar-refractivity contribution >= 4 is 17.5 Å². The van der Waals surface area contributed by atoms with Crippen molar-refractivity contribution in [2.75, 3.05) is 5.75 Å². The molecule has 0 spiro atoms. The Kier molecular flexibility index (Phi) is 3.70. The summed E-state index contributed by atoms with van der Waals surface area (Å²) in [5.41, 5.74) is 3.75. The first-order valence-corrected chi connectivity index (χ1v) is 6.92. The van der Waals surface area contributed by atoms with E-state index in [0.717, 1.165) is 12.2 Å². The predicted octanol–water partition coefficient (Wildman–Crippen LogP) is 3.31. The molecule has 1 heterocycles. The largest absolute Gasteiger partial charge is 0.298 e. The Morgan fingerprint density at radius 1 is 1.38 bits per heavy atom. The maximum Gasteiger partial charge on any atom is 0.150 e. The Hall–Kier alpha value is -0.760. The average Bonchev–Trinajstić information content (AvgIpc) is 2.77. The van der Waals surface area contributed by atoms with Gasteiger partial charge in [-0.25, -0.2) is 0 Å². The van der Waals surface area contributed by atoms with E-state index in [4.69, 9.17) is 0 Å². The highest BCUT2D eigenvalue weighted by Crippen LogP contribution is 2.27. The van der Waals surface area contributed by atoms with Crippen LogP contribution in [0.5, 0.6) is 0 Å². The summed E-state index contributed by atoms with van der Waals surface area (Å²) in [4.78, 5) is 12.0. The van der Waals surface area contributed by atoms with E-state index in [9.17, 15) is 4.79 Å². The van der Waals surface area contributed by atoms with Crippen LogP contribution < -0.4 is 0 Å². The molecule has 16 heavy (non-hydrogen) atoms. The summed E-state index contributed by atoms with van der Waals surface area (Å²) in [6.07, 6.45) is 2.89. The molecule has 2 heteroatoms. The molecular formula is C14H18OS. The number of Topliss-reactive ketones (excluding diaryl/α,β-unsaturated/α-hetero) is 1. The lowest BCUT2D eigenvalue weighted by Crippen LogP contribution is -2.16. The van der Waals surface area contributed by atoms with E-state index in [0.29, 0.717) is 12.2 Å². The van der Waals surface area contributed by atoms with E-state index in [1.54, 1.807) is 0 Å². The van der Waals surface area contributed by atoms with Crippen molar-refractivity contribution in [3.8, 4) is 0 Å². The summed E-state index contributed by atoms with van der Waals surface area (Å²) in [5.74, 6) is 1.56. The molecule has 1 aliphatic rings. The van der Waals surface area contributed by atoms with Crippen molar-refractivity contribution < 1.29 is 4.79 Å². The zero-order valence-electron chi connectivity index (χ0n) is 9.95. The topological polar surface area (TPSA) is 17.1 Å². The molecule has 1 aromatic carbocycles. The van der Waals surface area contributed by atoms with Gasteiger partial charge < -0.3 is 0 Å². The smallest absolute Gasteiger partial charge is 0.150 e. The third-order valence-electron chi connectivity index (χ3n) is 3.24. The van der Waals surface area contributed by atoms with Crippen LogP contribution in [-0.4, -0.2) is 16.8 Å². The molecule has 1 nitrogen and oxygen atoms in total. The van der Waals surface area contributed by atoms with E-state index >= 15 is 0 Å². The van der Waals surface area contributed by atoms with Gasteiger partial charge in [0.15, 0.2) is 0 Å². The van der Waals surface area contributed by atoms with Crippen LogP contribution in [0.25, 0.3) is 0 Å². The number of thioether (sulfide) groups is 1. The number of hydrogen-bond donors (Lipinski definition) is 0. The number of aryl methyl sites for hydroxylation is 2. The summed E-state index contributed by atoms with van der Waals surface area (Å²) in [7, 11) is 0. The third-order valence-corrected chi connectivity index (χ3v) is 4.66. The lowest BCUT2D eigenvalue weighted by atomic mass is 10.0. The first-order valence-electron chi connectivity index (χ1n) is 5.87. The second kappa shape index (κ2) is 5.05. The standard InChI is InChI=1S/C14H18OS/c1-10-5-6-12(8-11(10)2)9-13(15)14-4-3-7-16-14/h5-6,8,14H,3-4,7,9H2,1-2H3. The molecule has 1 aromatic rings. The second-order valence-corrected chi connectivity index (χ2v) is 5.87. The van der Waals surface area contributed by atoms with Crippen molar-refractivity contribution in [2.45, 2.75) is 38.4 Å². The van der Waals surface area contributed by atoms with Crippen molar-refractivity contribution in [3.63, 3.8) is 0 Å². The van der Waals surface area contributed by atoms with Crippen molar-refractivity contribution in [3.05, 3.63) is 34.9 Å². The Bertz CT molecular complexity index is 392. The molecular weight excluding hydrogens is 216 g/mol. The minimum Gasteiger partial charge on any atom is -0.298 e. The van der Waals surface area contributed by atoms with Crippen LogP contribution in [0.1, 0.15) is 29.5 Å². The fraction of sp³-hybridized carbons (Fsp3) is 0.500. The van der Waals surface area contributed by atoms with Gasteiger partial charge in [-0.1, -0.05) is 18.2 Å². The lowest BCUT2D eigenvalue weighted by Gasteiger charge is -2.08. The third kappa shape index (κ3) is 2.67. The van der Waals surface area contributed by atoms with E-state index in [2.05, 4.69) is 32.0 Å². The van der Waals surface area contributed by atoms with Crippen molar-refractivity contribution in [1.82, 2.24) is 0 Å². The SMILES string of the molecule is Cc1ccc(CC(=O)C2CCCS2)cc1C. The summed E-state index contributed by atoms with van der Waals surface area (Å²) in [6.45, 7) is 4.21.